The molecule has 10 heteroatoms. The van der Waals surface area contributed by atoms with Crippen LogP contribution in [-0.4, -0.2) is 52.4 Å². The van der Waals surface area contributed by atoms with Gasteiger partial charge in [-0.2, -0.15) is 5.10 Å². The zero-order valence-corrected chi connectivity index (χ0v) is 21.0. The summed E-state index contributed by atoms with van der Waals surface area (Å²) in [5, 5.41) is 14.3. The van der Waals surface area contributed by atoms with Crippen LogP contribution in [0.5, 0.6) is 0 Å². The number of nitrogens with zero attached hydrogens (tertiary/aromatic N) is 4. The van der Waals surface area contributed by atoms with E-state index in [1.807, 2.05) is 44.2 Å². The van der Waals surface area contributed by atoms with Gasteiger partial charge in [-0.05, 0) is 62.7 Å². The predicted octanol–water partition coefficient (Wildman–Crippen LogP) is 4.68. The maximum atomic E-state index is 12.4. The first-order valence-corrected chi connectivity index (χ1v) is 13.0. The lowest BCUT2D eigenvalue weighted by Gasteiger charge is -2.29. The first-order chi connectivity index (χ1) is 17.0. The highest BCUT2D eigenvalue weighted by atomic mass is 32.2. The van der Waals surface area contributed by atoms with Crippen LogP contribution in [0.3, 0.4) is 0 Å². The number of benzene rings is 1. The van der Waals surface area contributed by atoms with Crippen LogP contribution in [0.4, 0.5) is 23.1 Å². The number of aryl methyl sites for hydroxylation is 1. The fraction of sp³-hybridized carbons (Fsp3) is 0.440. The summed E-state index contributed by atoms with van der Waals surface area (Å²) in [7, 11) is 0. The average molecular weight is 494 g/mol. The number of rotatable bonds is 7. The number of hydrogen-bond acceptors (Lipinski definition) is 8. The molecule has 5 rings (SSSR count). The fourth-order valence-electron chi connectivity index (χ4n) is 4.48. The maximum Gasteiger partial charge on any atom is 0.227 e. The van der Waals surface area contributed by atoms with Crippen molar-refractivity contribution in [2.75, 3.05) is 41.8 Å². The Balaban J connectivity index is 1.35. The molecule has 2 aliphatic rings. The number of morpholine rings is 1. The molecule has 0 bridgehead atoms. The minimum absolute atomic E-state index is 0.129. The largest absolute Gasteiger partial charge is 0.378 e. The van der Waals surface area contributed by atoms with Gasteiger partial charge in [0.25, 0.3) is 0 Å². The van der Waals surface area contributed by atoms with Crippen molar-refractivity contribution in [1.29, 1.82) is 0 Å². The summed E-state index contributed by atoms with van der Waals surface area (Å²) in [6.07, 6.45) is 4.27. The molecule has 3 heterocycles. The van der Waals surface area contributed by atoms with E-state index >= 15 is 0 Å². The van der Waals surface area contributed by atoms with Gasteiger partial charge in [0, 0.05) is 46.9 Å². The Kier molecular flexibility index (Phi) is 7.19. The number of carbonyl (C=O) groups is 1. The SMILES string of the molecule is Cc1cc(Nc2nc(Sc3ccc(NC(=O)C4CCCC4)cc3)nc(N3CCOCC3)c2C)n[nH]1. The van der Waals surface area contributed by atoms with Crippen molar-refractivity contribution >= 4 is 40.8 Å². The third-order valence-electron chi connectivity index (χ3n) is 6.42. The van der Waals surface area contributed by atoms with E-state index in [9.17, 15) is 4.79 Å². The van der Waals surface area contributed by atoms with E-state index in [-0.39, 0.29) is 11.8 Å². The quantitative estimate of drug-likeness (QED) is 0.407. The van der Waals surface area contributed by atoms with Gasteiger partial charge in [0.15, 0.2) is 11.0 Å². The Hall–Kier alpha value is -3.11. The summed E-state index contributed by atoms with van der Waals surface area (Å²) in [4.78, 5) is 25.4. The molecule has 3 N–H and O–H groups in total. The van der Waals surface area contributed by atoms with Crippen molar-refractivity contribution in [1.82, 2.24) is 20.2 Å². The van der Waals surface area contributed by atoms with Gasteiger partial charge in [-0.1, -0.05) is 12.8 Å². The Morgan fingerprint density at radius 3 is 2.54 bits per heavy atom. The first kappa shape index (κ1) is 23.6. The summed E-state index contributed by atoms with van der Waals surface area (Å²) >= 11 is 1.50. The summed E-state index contributed by atoms with van der Waals surface area (Å²) in [6, 6.07) is 9.82. The molecule has 35 heavy (non-hydrogen) atoms. The minimum Gasteiger partial charge on any atom is -0.378 e. The molecule has 2 aromatic heterocycles. The number of aromatic nitrogens is 4. The lowest BCUT2D eigenvalue weighted by Crippen LogP contribution is -2.37. The van der Waals surface area contributed by atoms with E-state index in [1.165, 1.54) is 11.8 Å². The molecule has 3 aromatic rings. The number of anilines is 4. The lowest BCUT2D eigenvalue weighted by molar-refractivity contribution is -0.119. The van der Waals surface area contributed by atoms with Crippen LogP contribution in [0.2, 0.25) is 0 Å². The van der Waals surface area contributed by atoms with Crippen LogP contribution in [0.15, 0.2) is 40.4 Å². The van der Waals surface area contributed by atoms with Gasteiger partial charge < -0.3 is 20.3 Å². The van der Waals surface area contributed by atoms with Crippen LogP contribution in [0.1, 0.15) is 36.9 Å². The number of H-pyrrole nitrogens is 1. The van der Waals surface area contributed by atoms with Crippen molar-refractivity contribution in [3.63, 3.8) is 0 Å². The topological polar surface area (TPSA) is 108 Å². The molecule has 0 spiro atoms. The van der Waals surface area contributed by atoms with E-state index < -0.39 is 0 Å². The van der Waals surface area contributed by atoms with Gasteiger partial charge >= 0.3 is 0 Å². The van der Waals surface area contributed by atoms with Gasteiger partial charge in [0.2, 0.25) is 5.91 Å². The Labute approximate surface area is 209 Å². The first-order valence-electron chi connectivity index (χ1n) is 12.1. The van der Waals surface area contributed by atoms with E-state index in [0.29, 0.717) is 18.4 Å². The molecule has 0 atom stereocenters. The van der Waals surface area contributed by atoms with Crippen molar-refractivity contribution in [3.05, 3.63) is 41.6 Å². The van der Waals surface area contributed by atoms with E-state index in [1.54, 1.807) is 0 Å². The zero-order valence-electron chi connectivity index (χ0n) is 20.1. The number of ether oxygens (including phenoxy) is 1. The highest BCUT2D eigenvalue weighted by Gasteiger charge is 2.23. The van der Waals surface area contributed by atoms with Crippen LogP contribution in [-0.2, 0) is 9.53 Å². The third-order valence-corrected chi connectivity index (χ3v) is 7.29. The second kappa shape index (κ2) is 10.7. The Morgan fingerprint density at radius 2 is 1.86 bits per heavy atom. The second-order valence-corrected chi connectivity index (χ2v) is 10.1. The number of carbonyl (C=O) groups excluding carboxylic acids is 1. The highest BCUT2D eigenvalue weighted by Crippen LogP contribution is 2.33. The van der Waals surface area contributed by atoms with Crippen molar-refractivity contribution in [3.8, 4) is 0 Å². The monoisotopic (exact) mass is 493 g/mol. The van der Waals surface area contributed by atoms with Crippen molar-refractivity contribution in [2.24, 2.45) is 5.92 Å². The van der Waals surface area contributed by atoms with Crippen LogP contribution < -0.4 is 15.5 Å². The van der Waals surface area contributed by atoms with Crippen molar-refractivity contribution < 1.29 is 9.53 Å². The van der Waals surface area contributed by atoms with E-state index in [2.05, 4.69) is 25.7 Å². The predicted molar refractivity (Wildman–Crippen MR) is 138 cm³/mol. The van der Waals surface area contributed by atoms with E-state index in [0.717, 1.165) is 78.1 Å². The molecule has 184 valence electrons. The summed E-state index contributed by atoms with van der Waals surface area (Å²) in [5.74, 6) is 2.63. The smallest absolute Gasteiger partial charge is 0.227 e. The molecular formula is C25H31N7O2S. The van der Waals surface area contributed by atoms with Gasteiger partial charge in [-0.15, -0.1) is 0 Å². The van der Waals surface area contributed by atoms with Gasteiger partial charge in [0.1, 0.15) is 11.6 Å². The number of amides is 1. The Morgan fingerprint density at radius 1 is 1.11 bits per heavy atom. The van der Waals surface area contributed by atoms with Crippen LogP contribution in [0.25, 0.3) is 0 Å². The molecular weight excluding hydrogens is 462 g/mol. The number of nitrogens with one attached hydrogen (secondary N) is 3. The summed E-state index contributed by atoms with van der Waals surface area (Å²) < 4.78 is 5.54. The number of hydrogen-bond donors (Lipinski definition) is 3. The molecule has 0 unspecified atom stereocenters. The highest BCUT2D eigenvalue weighted by molar-refractivity contribution is 7.99. The molecule has 1 aromatic carbocycles. The van der Waals surface area contributed by atoms with Crippen LogP contribution in [0, 0.1) is 19.8 Å². The fourth-order valence-corrected chi connectivity index (χ4v) is 5.23. The average Bonchev–Trinajstić information content (AvgIpc) is 3.55. The van der Waals surface area contributed by atoms with Gasteiger partial charge in [-0.3, -0.25) is 9.89 Å². The lowest BCUT2D eigenvalue weighted by atomic mass is 10.1. The summed E-state index contributed by atoms with van der Waals surface area (Å²) in [6.45, 7) is 6.94. The standard InChI is InChI=1S/C25H31N7O2S/c1-16-15-21(31-30-16)27-22-17(2)23(32-11-13-34-14-12-32)29-25(28-22)35-20-9-7-19(8-10-20)26-24(33)18-5-3-4-6-18/h7-10,15,18H,3-6,11-14H2,1-2H3,(H,26,33)(H2,27,28,29,30,31). The molecule has 9 nitrogen and oxygen atoms in total. The number of aromatic amines is 1. The maximum absolute atomic E-state index is 12.4. The molecule has 0 radical (unpaired) electrons. The summed E-state index contributed by atoms with van der Waals surface area (Å²) in [5.41, 5.74) is 2.77. The Bertz CT molecular complexity index is 1170. The molecule has 1 amide bonds. The molecule has 1 saturated carbocycles. The van der Waals surface area contributed by atoms with Crippen LogP contribution >= 0.6 is 11.8 Å². The van der Waals surface area contributed by atoms with Gasteiger partial charge in [-0.25, -0.2) is 9.97 Å². The van der Waals surface area contributed by atoms with Crippen molar-refractivity contribution in [2.45, 2.75) is 49.6 Å². The molecule has 1 aliphatic heterocycles. The third kappa shape index (κ3) is 5.76. The van der Waals surface area contributed by atoms with E-state index in [4.69, 9.17) is 14.7 Å². The second-order valence-electron chi connectivity index (χ2n) is 9.06. The molecule has 1 aliphatic carbocycles. The normalized spacial score (nSPS) is 16.5. The molecule has 1 saturated heterocycles. The van der Waals surface area contributed by atoms with Gasteiger partial charge in [0.05, 0.1) is 13.2 Å². The molecule has 2 fully saturated rings. The zero-order chi connectivity index (χ0) is 24.2. The minimum atomic E-state index is 0.129.